The second-order valence-corrected chi connectivity index (χ2v) is 6.63. The van der Waals surface area contributed by atoms with E-state index in [2.05, 4.69) is 12.2 Å². The molecule has 110 valence electrons. The predicted molar refractivity (Wildman–Crippen MR) is 77.2 cm³/mol. The number of rotatable bonds is 13. The lowest BCUT2D eigenvalue weighted by Gasteiger charge is -2.10. The largest absolute Gasteiger partial charge is 0.328 e. The van der Waals surface area contributed by atoms with Crippen molar-refractivity contribution in [1.82, 2.24) is 5.32 Å². The van der Waals surface area contributed by atoms with E-state index in [0.717, 1.165) is 32.4 Å². The summed E-state index contributed by atoms with van der Waals surface area (Å²) in [5.74, 6) is 0. The zero-order valence-corrected chi connectivity index (χ0v) is 12.9. The molecule has 0 bridgehead atoms. The summed E-state index contributed by atoms with van der Waals surface area (Å²) < 4.78 is 16.2. The van der Waals surface area contributed by atoms with Crippen molar-refractivity contribution in [3.63, 3.8) is 0 Å². The second kappa shape index (κ2) is 12.2. The van der Waals surface area contributed by atoms with Crippen molar-refractivity contribution in [2.45, 2.75) is 58.8 Å². The molecule has 0 radical (unpaired) electrons. The summed E-state index contributed by atoms with van der Waals surface area (Å²) in [6, 6.07) is 0. The standard InChI is InChI=1S/C13H30NO3P/c1-3-5-6-8-11-14-12-9-7-10-13-18(15,16)17-4-2/h14H,3-13H2,1-2H3,(H,15,16). The first-order valence-electron chi connectivity index (χ1n) is 7.29. The molecule has 0 saturated heterocycles. The SMILES string of the molecule is CCCCCCNCCCCCP(=O)(O)OCC. The third kappa shape index (κ3) is 12.6. The van der Waals surface area contributed by atoms with Crippen LogP contribution in [0.2, 0.25) is 0 Å². The van der Waals surface area contributed by atoms with Gasteiger partial charge < -0.3 is 14.7 Å². The fourth-order valence-corrected chi connectivity index (χ4v) is 2.96. The predicted octanol–water partition coefficient (Wildman–Crippen LogP) is 3.55. The third-order valence-corrected chi connectivity index (χ3v) is 4.38. The van der Waals surface area contributed by atoms with E-state index < -0.39 is 7.60 Å². The zero-order valence-electron chi connectivity index (χ0n) is 12.0. The number of hydrogen-bond donors (Lipinski definition) is 2. The Balaban J connectivity index is 3.18. The molecule has 2 N–H and O–H groups in total. The van der Waals surface area contributed by atoms with Gasteiger partial charge in [-0.2, -0.15) is 0 Å². The molecule has 0 heterocycles. The molecule has 0 amide bonds. The van der Waals surface area contributed by atoms with Crippen LogP contribution < -0.4 is 5.32 Å². The van der Waals surface area contributed by atoms with Crippen LogP contribution >= 0.6 is 7.60 Å². The van der Waals surface area contributed by atoms with Gasteiger partial charge in [0.2, 0.25) is 0 Å². The van der Waals surface area contributed by atoms with E-state index in [9.17, 15) is 9.46 Å². The summed E-state index contributed by atoms with van der Waals surface area (Å²) in [4.78, 5) is 9.36. The Morgan fingerprint density at radius 1 is 1.00 bits per heavy atom. The molecule has 5 heteroatoms. The molecular weight excluding hydrogens is 249 g/mol. The van der Waals surface area contributed by atoms with Gasteiger partial charge in [-0.25, -0.2) is 0 Å². The first-order valence-corrected chi connectivity index (χ1v) is 9.05. The summed E-state index contributed by atoms with van der Waals surface area (Å²) in [6.07, 6.45) is 8.28. The number of nitrogens with one attached hydrogen (secondary N) is 1. The summed E-state index contributed by atoms with van der Waals surface area (Å²) in [6.45, 7) is 6.38. The molecule has 0 aliphatic rings. The van der Waals surface area contributed by atoms with Crippen molar-refractivity contribution in [1.29, 1.82) is 0 Å². The van der Waals surface area contributed by atoms with Crippen LogP contribution in [0.5, 0.6) is 0 Å². The zero-order chi connectivity index (χ0) is 13.7. The average Bonchev–Trinajstić information content (AvgIpc) is 2.31. The lowest BCUT2D eigenvalue weighted by Crippen LogP contribution is -2.16. The Bertz CT molecular complexity index is 224. The fourth-order valence-electron chi connectivity index (χ4n) is 1.81. The summed E-state index contributed by atoms with van der Waals surface area (Å²) >= 11 is 0. The molecule has 0 rings (SSSR count). The van der Waals surface area contributed by atoms with Gasteiger partial charge >= 0.3 is 7.60 Å². The third-order valence-electron chi connectivity index (χ3n) is 2.83. The van der Waals surface area contributed by atoms with E-state index in [1.807, 2.05) is 0 Å². The maximum atomic E-state index is 11.4. The maximum absolute atomic E-state index is 11.4. The maximum Gasteiger partial charge on any atom is 0.328 e. The Labute approximate surface area is 112 Å². The minimum Gasteiger partial charge on any atom is -0.324 e. The van der Waals surface area contributed by atoms with Gasteiger partial charge in [-0.1, -0.05) is 32.6 Å². The van der Waals surface area contributed by atoms with Gasteiger partial charge in [0, 0.05) is 6.16 Å². The van der Waals surface area contributed by atoms with Crippen LogP contribution in [0.15, 0.2) is 0 Å². The highest BCUT2D eigenvalue weighted by atomic mass is 31.2. The van der Waals surface area contributed by atoms with Crippen molar-refractivity contribution in [3.05, 3.63) is 0 Å². The second-order valence-electron chi connectivity index (χ2n) is 4.65. The normalized spacial score (nSPS) is 14.6. The van der Waals surface area contributed by atoms with Gasteiger partial charge in [0.15, 0.2) is 0 Å². The monoisotopic (exact) mass is 279 g/mol. The van der Waals surface area contributed by atoms with Crippen LogP contribution in [0.3, 0.4) is 0 Å². The molecule has 4 nitrogen and oxygen atoms in total. The molecule has 1 atom stereocenters. The van der Waals surface area contributed by atoms with E-state index in [1.165, 1.54) is 25.7 Å². The number of hydrogen-bond acceptors (Lipinski definition) is 3. The van der Waals surface area contributed by atoms with E-state index in [0.29, 0.717) is 6.61 Å². The van der Waals surface area contributed by atoms with Crippen molar-refractivity contribution in [2.24, 2.45) is 0 Å². The van der Waals surface area contributed by atoms with Gasteiger partial charge in [0.1, 0.15) is 0 Å². The molecule has 0 saturated carbocycles. The highest BCUT2D eigenvalue weighted by molar-refractivity contribution is 7.52. The minimum absolute atomic E-state index is 0.289. The van der Waals surface area contributed by atoms with Crippen LogP contribution in [-0.4, -0.2) is 30.8 Å². The molecule has 0 aromatic rings. The van der Waals surface area contributed by atoms with Gasteiger partial charge in [-0.05, 0) is 39.3 Å². The molecule has 1 unspecified atom stereocenters. The summed E-state index contributed by atoms with van der Waals surface area (Å²) in [5, 5.41) is 3.40. The van der Waals surface area contributed by atoms with Crippen molar-refractivity contribution in [3.8, 4) is 0 Å². The Morgan fingerprint density at radius 3 is 2.17 bits per heavy atom. The Morgan fingerprint density at radius 2 is 1.61 bits per heavy atom. The summed E-state index contributed by atoms with van der Waals surface area (Å²) in [5.41, 5.74) is 0. The molecule has 0 aromatic carbocycles. The molecule has 0 aliphatic carbocycles. The first-order chi connectivity index (χ1) is 8.62. The first kappa shape index (κ1) is 18.1. The van der Waals surface area contributed by atoms with Gasteiger partial charge in [-0.3, -0.25) is 4.57 Å². The molecule has 0 aromatic heterocycles. The molecular formula is C13H30NO3P. The molecule has 0 spiro atoms. The molecule has 18 heavy (non-hydrogen) atoms. The summed E-state index contributed by atoms with van der Waals surface area (Å²) in [7, 11) is -3.29. The van der Waals surface area contributed by atoms with E-state index in [-0.39, 0.29) is 6.16 Å². The fraction of sp³-hybridized carbons (Fsp3) is 1.00. The van der Waals surface area contributed by atoms with Crippen LogP contribution in [0.4, 0.5) is 0 Å². The van der Waals surface area contributed by atoms with Crippen LogP contribution in [0.1, 0.15) is 58.8 Å². The molecule has 0 fully saturated rings. The van der Waals surface area contributed by atoms with Crippen molar-refractivity contribution >= 4 is 7.60 Å². The Kier molecular flexibility index (Phi) is 12.2. The van der Waals surface area contributed by atoms with E-state index >= 15 is 0 Å². The van der Waals surface area contributed by atoms with Crippen molar-refractivity contribution < 1.29 is 14.0 Å². The molecule has 0 aliphatic heterocycles. The van der Waals surface area contributed by atoms with Crippen molar-refractivity contribution in [2.75, 3.05) is 25.9 Å². The lowest BCUT2D eigenvalue weighted by atomic mass is 10.2. The van der Waals surface area contributed by atoms with Crippen LogP contribution in [0.25, 0.3) is 0 Å². The topological polar surface area (TPSA) is 58.6 Å². The van der Waals surface area contributed by atoms with E-state index in [1.54, 1.807) is 6.92 Å². The van der Waals surface area contributed by atoms with Crippen LogP contribution in [0, 0.1) is 0 Å². The Hall–Kier alpha value is 0.110. The van der Waals surface area contributed by atoms with E-state index in [4.69, 9.17) is 4.52 Å². The number of unbranched alkanes of at least 4 members (excludes halogenated alkanes) is 5. The van der Waals surface area contributed by atoms with Gasteiger partial charge in [0.05, 0.1) is 6.61 Å². The minimum atomic E-state index is -3.29. The quantitative estimate of drug-likeness (QED) is 0.400. The van der Waals surface area contributed by atoms with Gasteiger partial charge in [0.25, 0.3) is 0 Å². The van der Waals surface area contributed by atoms with Gasteiger partial charge in [-0.15, -0.1) is 0 Å². The smallest absolute Gasteiger partial charge is 0.324 e. The highest BCUT2D eigenvalue weighted by Gasteiger charge is 2.16. The highest BCUT2D eigenvalue weighted by Crippen LogP contribution is 2.42. The average molecular weight is 279 g/mol. The van der Waals surface area contributed by atoms with Crippen LogP contribution in [-0.2, 0) is 9.09 Å². The lowest BCUT2D eigenvalue weighted by molar-refractivity contribution is 0.273.